The van der Waals surface area contributed by atoms with E-state index in [2.05, 4.69) is 28.1 Å². The topological polar surface area (TPSA) is 95.4 Å². The van der Waals surface area contributed by atoms with Crippen molar-refractivity contribution >= 4 is 11.8 Å². The number of aromatic nitrogens is 3. The average molecular weight is 361 g/mol. The van der Waals surface area contributed by atoms with Crippen LogP contribution in [0, 0.1) is 0 Å². The lowest BCUT2D eigenvalue weighted by Gasteiger charge is -2.33. The zero-order valence-corrected chi connectivity index (χ0v) is 15.2. The molecule has 0 spiro atoms. The van der Waals surface area contributed by atoms with Gasteiger partial charge in [0, 0.05) is 32.2 Å². The normalized spacial score (nSPS) is 27.3. The fourth-order valence-electron chi connectivity index (χ4n) is 4.08. The largest absolute Gasteiger partial charge is 0.341 e. The summed E-state index contributed by atoms with van der Waals surface area (Å²) in [4.78, 5) is 28.7. The molecule has 1 aromatic heterocycles. The lowest BCUT2D eigenvalue weighted by atomic mass is 10.0. The first-order chi connectivity index (χ1) is 12.6. The molecule has 0 saturated carbocycles. The first-order valence-corrected chi connectivity index (χ1v) is 9.63. The van der Waals surface area contributed by atoms with Crippen molar-refractivity contribution in [2.75, 3.05) is 26.2 Å². The molecule has 142 valence electrons. The van der Waals surface area contributed by atoms with Crippen LogP contribution in [0.3, 0.4) is 0 Å². The molecule has 3 saturated heterocycles. The molecule has 9 nitrogen and oxygen atoms in total. The van der Waals surface area contributed by atoms with E-state index < -0.39 is 0 Å². The average Bonchev–Trinajstić information content (AvgIpc) is 3.42. The predicted octanol–water partition coefficient (Wildman–Crippen LogP) is -0.0674. The number of carbonyl (C=O) groups is 2. The molecular weight excluding hydrogens is 334 g/mol. The monoisotopic (exact) mass is 361 g/mol. The summed E-state index contributed by atoms with van der Waals surface area (Å²) in [6.07, 6.45) is 6.40. The number of nitrogens with one attached hydrogen (secondary N) is 2. The summed E-state index contributed by atoms with van der Waals surface area (Å²) in [6.45, 7) is 5.12. The molecule has 0 aromatic carbocycles. The van der Waals surface area contributed by atoms with Gasteiger partial charge in [-0.15, -0.1) is 5.10 Å². The van der Waals surface area contributed by atoms with Gasteiger partial charge in [-0.2, -0.15) is 0 Å². The molecule has 3 aliphatic rings. The summed E-state index contributed by atoms with van der Waals surface area (Å²) in [5.74, 6) is 0.152. The Hall–Kier alpha value is -2.00. The quantitative estimate of drug-likeness (QED) is 0.783. The molecule has 4 heterocycles. The molecule has 4 rings (SSSR count). The second-order valence-corrected chi connectivity index (χ2v) is 7.62. The Bertz CT molecular complexity index is 662. The minimum Gasteiger partial charge on any atom is -0.341 e. The Morgan fingerprint density at radius 1 is 1.08 bits per heavy atom. The first-order valence-electron chi connectivity index (χ1n) is 9.63. The second kappa shape index (κ2) is 7.32. The van der Waals surface area contributed by atoms with Crippen LogP contribution in [-0.2, 0) is 4.79 Å². The summed E-state index contributed by atoms with van der Waals surface area (Å²) in [6, 6.07) is 0.390. The number of amides is 2. The molecule has 0 bridgehead atoms. The lowest BCUT2D eigenvalue weighted by Crippen LogP contribution is -2.48. The number of rotatable bonds is 3. The molecule has 2 atom stereocenters. The van der Waals surface area contributed by atoms with E-state index in [9.17, 15) is 9.59 Å². The Morgan fingerprint density at radius 3 is 2.46 bits per heavy atom. The van der Waals surface area contributed by atoms with E-state index in [0.717, 1.165) is 45.2 Å². The van der Waals surface area contributed by atoms with E-state index in [-0.39, 0.29) is 23.9 Å². The fourth-order valence-corrected chi connectivity index (χ4v) is 4.08. The lowest BCUT2D eigenvalue weighted by molar-refractivity contribution is -0.134. The molecule has 3 fully saturated rings. The molecule has 2 amide bonds. The number of piperidine rings is 1. The maximum Gasteiger partial charge on any atom is 0.276 e. The number of hydrogen-bond donors (Lipinski definition) is 2. The third kappa shape index (κ3) is 3.45. The molecule has 2 N–H and O–H groups in total. The summed E-state index contributed by atoms with van der Waals surface area (Å²) in [7, 11) is 0. The smallest absolute Gasteiger partial charge is 0.276 e. The number of carbonyl (C=O) groups excluding carboxylic acids is 2. The van der Waals surface area contributed by atoms with E-state index in [1.165, 1.54) is 0 Å². The van der Waals surface area contributed by atoms with Gasteiger partial charge < -0.3 is 9.80 Å². The van der Waals surface area contributed by atoms with Crippen LogP contribution < -0.4 is 10.9 Å². The Balaban J connectivity index is 1.32. The third-order valence-corrected chi connectivity index (χ3v) is 5.66. The van der Waals surface area contributed by atoms with Crippen molar-refractivity contribution in [2.24, 2.45) is 0 Å². The highest BCUT2D eigenvalue weighted by Crippen LogP contribution is 2.23. The summed E-state index contributed by atoms with van der Waals surface area (Å²) >= 11 is 0. The minimum absolute atomic E-state index is 0.0182. The van der Waals surface area contributed by atoms with Gasteiger partial charge in [0.05, 0.1) is 12.2 Å². The molecule has 9 heteroatoms. The predicted molar refractivity (Wildman–Crippen MR) is 94.1 cm³/mol. The maximum atomic E-state index is 12.6. The van der Waals surface area contributed by atoms with Crippen LogP contribution in [0.15, 0.2) is 6.20 Å². The third-order valence-electron chi connectivity index (χ3n) is 5.66. The second-order valence-electron chi connectivity index (χ2n) is 7.62. The summed E-state index contributed by atoms with van der Waals surface area (Å²) in [5, 5.41) is 8.27. The van der Waals surface area contributed by atoms with Gasteiger partial charge in [0.1, 0.15) is 6.04 Å². The molecule has 0 radical (unpaired) electrons. The Morgan fingerprint density at radius 2 is 1.81 bits per heavy atom. The van der Waals surface area contributed by atoms with Crippen LogP contribution in [0.1, 0.15) is 55.6 Å². The molecule has 3 aliphatic heterocycles. The van der Waals surface area contributed by atoms with E-state index in [1.54, 1.807) is 6.20 Å². The summed E-state index contributed by atoms with van der Waals surface area (Å²) < 4.78 is 1.81. The standard InChI is InChI=1S/C17H27N7O2/c1-12-10-14(19-18-12)16(25)23-8-4-13(5-9-23)24-11-15(20-21-24)17(26)22-6-2-3-7-22/h11-14,18-19H,2-10H2,1H3. The van der Waals surface area contributed by atoms with E-state index >= 15 is 0 Å². The highest BCUT2D eigenvalue weighted by molar-refractivity contribution is 5.92. The molecular formula is C17H27N7O2. The van der Waals surface area contributed by atoms with Crippen molar-refractivity contribution in [1.82, 2.24) is 35.6 Å². The van der Waals surface area contributed by atoms with Crippen molar-refractivity contribution in [1.29, 1.82) is 0 Å². The van der Waals surface area contributed by atoms with Crippen molar-refractivity contribution < 1.29 is 9.59 Å². The van der Waals surface area contributed by atoms with Gasteiger partial charge in [-0.3, -0.25) is 15.0 Å². The van der Waals surface area contributed by atoms with Gasteiger partial charge in [-0.05, 0) is 39.0 Å². The van der Waals surface area contributed by atoms with E-state index in [4.69, 9.17) is 0 Å². The van der Waals surface area contributed by atoms with Crippen LogP contribution in [0.25, 0.3) is 0 Å². The number of nitrogens with zero attached hydrogens (tertiary/aromatic N) is 5. The van der Waals surface area contributed by atoms with Gasteiger partial charge in [-0.25, -0.2) is 10.1 Å². The van der Waals surface area contributed by atoms with Gasteiger partial charge in [0.2, 0.25) is 5.91 Å². The SMILES string of the molecule is CC1CC(C(=O)N2CCC(n3cc(C(=O)N4CCCC4)nn3)CC2)NN1. The molecule has 2 unspecified atom stereocenters. The van der Waals surface area contributed by atoms with Gasteiger partial charge >= 0.3 is 0 Å². The van der Waals surface area contributed by atoms with Crippen LogP contribution in [0.2, 0.25) is 0 Å². The molecule has 1 aromatic rings. The molecule has 26 heavy (non-hydrogen) atoms. The van der Waals surface area contributed by atoms with Crippen LogP contribution in [0.5, 0.6) is 0 Å². The zero-order chi connectivity index (χ0) is 18.1. The minimum atomic E-state index is -0.127. The number of likely N-dealkylation sites (tertiary alicyclic amines) is 2. The van der Waals surface area contributed by atoms with Gasteiger partial charge in [0.15, 0.2) is 5.69 Å². The van der Waals surface area contributed by atoms with Crippen LogP contribution in [-0.4, -0.2) is 74.9 Å². The van der Waals surface area contributed by atoms with Crippen LogP contribution in [0.4, 0.5) is 0 Å². The first kappa shape index (κ1) is 17.4. The number of hydrogen-bond acceptors (Lipinski definition) is 6. The molecule has 0 aliphatic carbocycles. The van der Waals surface area contributed by atoms with Gasteiger partial charge in [0.25, 0.3) is 5.91 Å². The van der Waals surface area contributed by atoms with E-state index in [1.807, 2.05) is 14.5 Å². The Kier molecular flexibility index (Phi) is 4.90. The summed E-state index contributed by atoms with van der Waals surface area (Å²) in [5.41, 5.74) is 6.61. The van der Waals surface area contributed by atoms with Crippen molar-refractivity contribution in [3.05, 3.63) is 11.9 Å². The van der Waals surface area contributed by atoms with Crippen molar-refractivity contribution in [3.63, 3.8) is 0 Å². The fraction of sp³-hybridized carbons (Fsp3) is 0.765. The van der Waals surface area contributed by atoms with Gasteiger partial charge in [-0.1, -0.05) is 5.21 Å². The van der Waals surface area contributed by atoms with Crippen molar-refractivity contribution in [2.45, 2.75) is 57.2 Å². The highest BCUT2D eigenvalue weighted by Gasteiger charge is 2.33. The zero-order valence-electron chi connectivity index (χ0n) is 15.2. The Labute approximate surface area is 153 Å². The maximum absolute atomic E-state index is 12.6. The van der Waals surface area contributed by atoms with Crippen molar-refractivity contribution in [3.8, 4) is 0 Å². The number of hydrazine groups is 1. The highest BCUT2D eigenvalue weighted by atomic mass is 16.2. The van der Waals surface area contributed by atoms with Crippen LogP contribution >= 0.6 is 0 Å². The van der Waals surface area contributed by atoms with E-state index in [0.29, 0.717) is 24.8 Å².